The molecule has 3 heterocycles. The Hall–Kier alpha value is -3.53. The fourth-order valence-corrected chi connectivity index (χ4v) is 3.25. The summed E-state index contributed by atoms with van der Waals surface area (Å²) in [4.78, 5) is 32.4. The number of halogens is 2. The molecule has 1 saturated heterocycles. The van der Waals surface area contributed by atoms with E-state index in [1.165, 1.54) is 18.2 Å². The topological polar surface area (TPSA) is 113 Å². The van der Waals surface area contributed by atoms with Crippen LogP contribution in [0, 0.1) is 5.82 Å². The van der Waals surface area contributed by atoms with E-state index in [4.69, 9.17) is 11.6 Å². The molecule has 9 nitrogen and oxygen atoms in total. The quantitative estimate of drug-likeness (QED) is 0.423. The van der Waals surface area contributed by atoms with Crippen molar-refractivity contribution in [2.45, 2.75) is 25.3 Å². The van der Waals surface area contributed by atoms with Gasteiger partial charge in [0.15, 0.2) is 5.65 Å². The molecule has 3 N–H and O–H groups in total. The Morgan fingerprint density at radius 3 is 2.80 bits per heavy atom. The van der Waals surface area contributed by atoms with Gasteiger partial charge in [-0.05, 0) is 37.1 Å². The Morgan fingerprint density at radius 2 is 2.10 bits per heavy atom. The number of nitrogens with one attached hydrogen (secondary N) is 3. The summed E-state index contributed by atoms with van der Waals surface area (Å²) in [5, 5.41) is 12.9. The zero-order chi connectivity index (χ0) is 20.8. The molecule has 0 unspecified atom stereocenters. The van der Waals surface area contributed by atoms with Gasteiger partial charge in [-0.2, -0.15) is 19.6 Å². The van der Waals surface area contributed by atoms with Gasteiger partial charge in [-0.1, -0.05) is 11.6 Å². The van der Waals surface area contributed by atoms with Crippen LogP contribution in [0.4, 0.5) is 22.0 Å². The molecule has 5 rings (SSSR count). The number of aromatic nitrogens is 4. The van der Waals surface area contributed by atoms with Crippen LogP contribution in [0.3, 0.4) is 0 Å². The van der Waals surface area contributed by atoms with Crippen LogP contribution in [-0.4, -0.2) is 37.4 Å². The van der Waals surface area contributed by atoms with Crippen molar-refractivity contribution in [3.63, 3.8) is 0 Å². The first-order valence-electron chi connectivity index (χ1n) is 9.25. The van der Waals surface area contributed by atoms with Gasteiger partial charge in [0.05, 0.1) is 17.6 Å². The molecule has 11 heteroatoms. The lowest BCUT2D eigenvalue weighted by Crippen LogP contribution is -2.19. The highest BCUT2D eigenvalue weighted by Crippen LogP contribution is 2.27. The molecular weight excluding hydrogens is 413 g/mol. The van der Waals surface area contributed by atoms with Gasteiger partial charge in [-0.3, -0.25) is 14.9 Å². The van der Waals surface area contributed by atoms with Crippen LogP contribution in [0.5, 0.6) is 0 Å². The molecule has 2 aliphatic rings. The van der Waals surface area contributed by atoms with Crippen LogP contribution in [0.15, 0.2) is 30.0 Å². The number of fused-ring (bicyclic) bond motifs is 1. The Balaban J connectivity index is 1.57. The third-order valence-electron chi connectivity index (χ3n) is 4.71. The van der Waals surface area contributed by atoms with E-state index in [1.807, 2.05) is 0 Å². The van der Waals surface area contributed by atoms with E-state index in [1.54, 1.807) is 16.8 Å². The first-order valence-corrected chi connectivity index (χ1v) is 9.63. The highest BCUT2D eigenvalue weighted by Gasteiger charge is 2.26. The summed E-state index contributed by atoms with van der Waals surface area (Å²) in [6.45, 7) is 0. The molecule has 0 atom stereocenters. The molecule has 152 valence electrons. The van der Waals surface area contributed by atoms with Crippen molar-refractivity contribution >= 4 is 52.7 Å². The first kappa shape index (κ1) is 18.5. The van der Waals surface area contributed by atoms with E-state index in [-0.39, 0.29) is 23.3 Å². The number of anilines is 3. The van der Waals surface area contributed by atoms with Crippen LogP contribution >= 0.6 is 11.6 Å². The second-order valence-corrected chi connectivity index (χ2v) is 7.51. The highest BCUT2D eigenvalue weighted by molar-refractivity contribution is 6.31. The maximum Gasteiger partial charge on any atom is 0.254 e. The molecule has 1 aromatic carbocycles. The van der Waals surface area contributed by atoms with Crippen molar-refractivity contribution in [2.75, 3.05) is 10.6 Å². The van der Waals surface area contributed by atoms with Crippen molar-refractivity contribution in [1.29, 1.82) is 0 Å². The van der Waals surface area contributed by atoms with E-state index in [2.05, 4.69) is 31.0 Å². The molecule has 1 saturated carbocycles. The summed E-state index contributed by atoms with van der Waals surface area (Å²) in [7, 11) is 0. The van der Waals surface area contributed by atoms with Gasteiger partial charge in [0.1, 0.15) is 5.82 Å². The fourth-order valence-electron chi connectivity index (χ4n) is 3.07. The predicted molar refractivity (Wildman–Crippen MR) is 108 cm³/mol. The molecule has 0 bridgehead atoms. The van der Waals surface area contributed by atoms with E-state index in [0.29, 0.717) is 34.5 Å². The van der Waals surface area contributed by atoms with Gasteiger partial charge >= 0.3 is 0 Å². The number of nitrogens with zero attached hydrogens (tertiary/aromatic N) is 4. The summed E-state index contributed by atoms with van der Waals surface area (Å²) in [5.74, 6) is -0.563. The normalized spacial score (nSPS) is 17.6. The number of rotatable bonds is 5. The lowest BCUT2D eigenvalue weighted by Gasteiger charge is -2.10. The number of imide groups is 1. The lowest BCUT2D eigenvalue weighted by atomic mass is 10.1. The molecule has 0 spiro atoms. The monoisotopic (exact) mass is 427 g/mol. The molecular formula is C19H15ClFN7O2. The van der Waals surface area contributed by atoms with E-state index < -0.39 is 11.7 Å². The smallest absolute Gasteiger partial charge is 0.254 e. The van der Waals surface area contributed by atoms with Crippen LogP contribution in [-0.2, 0) is 9.59 Å². The molecule has 3 aromatic rings. The second kappa shape index (κ2) is 7.06. The van der Waals surface area contributed by atoms with Crippen molar-refractivity contribution in [1.82, 2.24) is 24.9 Å². The number of carbonyl (C=O) groups is 2. The third kappa shape index (κ3) is 3.57. The van der Waals surface area contributed by atoms with E-state index >= 15 is 0 Å². The summed E-state index contributed by atoms with van der Waals surface area (Å²) in [5.41, 5.74) is 1.87. The summed E-state index contributed by atoms with van der Waals surface area (Å²) in [6.07, 6.45) is 5.22. The molecule has 1 aliphatic heterocycles. The van der Waals surface area contributed by atoms with E-state index in [9.17, 15) is 14.0 Å². The van der Waals surface area contributed by atoms with Crippen molar-refractivity contribution in [3.05, 3.63) is 46.4 Å². The van der Waals surface area contributed by atoms with E-state index in [0.717, 1.165) is 12.8 Å². The zero-order valence-electron chi connectivity index (χ0n) is 15.4. The Bertz CT molecular complexity index is 1240. The summed E-state index contributed by atoms with van der Waals surface area (Å²) < 4.78 is 15.0. The average Bonchev–Trinajstić information content (AvgIpc) is 3.34. The lowest BCUT2D eigenvalue weighted by molar-refractivity contribution is -0.124. The standard InChI is InChI=1S/C19H15ClFN7O2/c20-13-7-12(3-4-14(13)21)23-18-26-16-10(5-9-6-15(29)25-17(9)30)8-22-28(16)19(27-18)24-11-1-2-11/h3-5,7-8,11H,1-2,6H2,(H,25,29,30)(H2,23,24,26,27)/b9-5+. The van der Waals surface area contributed by atoms with Gasteiger partial charge < -0.3 is 10.6 Å². The molecule has 2 aromatic heterocycles. The minimum absolute atomic E-state index is 0.00756. The Morgan fingerprint density at radius 1 is 1.27 bits per heavy atom. The third-order valence-corrected chi connectivity index (χ3v) is 5.00. The SMILES string of the molecule is O=C1C/C(=C\c2cnn3c(NC4CC4)nc(Nc4ccc(F)c(Cl)c4)nc23)C(=O)N1. The summed E-state index contributed by atoms with van der Waals surface area (Å²) >= 11 is 5.86. The van der Waals surface area contributed by atoms with Crippen LogP contribution in [0.25, 0.3) is 11.7 Å². The van der Waals surface area contributed by atoms with Crippen molar-refractivity contribution in [2.24, 2.45) is 0 Å². The van der Waals surface area contributed by atoms with Crippen LogP contribution in [0.2, 0.25) is 5.02 Å². The van der Waals surface area contributed by atoms with Crippen molar-refractivity contribution in [3.8, 4) is 0 Å². The van der Waals surface area contributed by atoms with Crippen molar-refractivity contribution < 1.29 is 14.0 Å². The maximum atomic E-state index is 13.4. The van der Waals surface area contributed by atoms with Gasteiger partial charge in [-0.15, -0.1) is 0 Å². The molecule has 30 heavy (non-hydrogen) atoms. The number of hydrogen-bond acceptors (Lipinski definition) is 7. The summed E-state index contributed by atoms with van der Waals surface area (Å²) in [6, 6.07) is 4.51. The molecule has 1 aliphatic carbocycles. The maximum absolute atomic E-state index is 13.4. The Kier molecular flexibility index (Phi) is 4.35. The number of hydrogen-bond donors (Lipinski definition) is 3. The van der Waals surface area contributed by atoms with Gasteiger partial charge in [0, 0.05) is 22.9 Å². The molecule has 2 amide bonds. The van der Waals surface area contributed by atoms with Gasteiger partial charge in [0.25, 0.3) is 5.91 Å². The van der Waals surface area contributed by atoms with Gasteiger partial charge in [-0.25, -0.2) is 4.39 Å². The minimum Gasteiger partial charge on any atom is -0.351 e. The average molecular weight is 428 g/mol. The number of amides is 2. The minimum atomic E-state index is -0.524. The zero-order valence-corrected chi connectivity index (χ0v) is 16.2. The molecule has 2 fully saturated rings. The highest BCUT2D eigenvalue weighted by atomic mass is 35.5. The predicted octanol–water partition coefficient (Wildman–Crippen LogP) is 2.66. The fraction of sp³-hybridized carbons (Fsp3) is 0.211. The first-order chi connectivity index (χ1) is 14.5. The second-order valence-electron chi connectivity index (χ2n) is 7.10. The number of carbonyl (C=O) groups excluding carboxylic acids is 2. The number of benzene rings is 1. The largest absolute Gasteiger partial charge is 0.351 e. The molecule has 0 radical (unpaired) electrons. The Labute approximate surface area is 174 Å². The van der Waals surface area contributed by atoms with Gasteiger partial charge in [0.2, 0.25) is 17.8 Å². The van der Waals surface area contributed by atoms with Crippen LogP contribution < -0.4 is 16.0 Å². The van der Waals surface area contributed by atoms with Crippen LogP contribution in [0.1, 0.15) is 24.8 Å².